The SMILES string of the molecule is CO.Cc1ccc(-c2noc(C3CC3)n2)cc1NC(=O)c1cnc2cc(C3CC3)ccn12. The van der Waals surface area contributed by atoms with Gasteiger partial charge in [-0.15, -0.1) is 0 Å². The Bertz CT molecular complexity index is 1280. The Morgan fingerprint density at radius 3 is 2.66 bits per heavy atom. The minimum atomic E-state index is -0.200. The van der Waals surface area contributed by atoms with Crippen LogP contribution in [0.1, 0.15) is 65.0 Å². The molecule has 164 valence electrons. The van der Waals surface area contributed by atoms with Crippen LogP contribution in [0.15, 0.2) is 47.2 Å². The zero-order chi connectivity index (χ0) is 22.2. The summed E-state index contributed by atoms with van der Waals surface area (Å²) in [5.41, 5.74) is 5.11. The summed E-state index contributed by atoms with van der Waals surface area (Å²) in [4.78, 5) is 21.9. The van der Waals surface area contributed by atoms with E-state index in [1.54, 1.807) is 6.20 Å². The molecule has 8 nitrogen and oxygen atoms in total. The third-order valence-electron chi connectivity index (χ3n) is 5.93. The van der Waals surface area contributed by atoms with E-state index in [1.165, 1.54) is 18.4 Å². The van der Waals surface area contributed by atoms with Gasteiger partial charge in [-0.05, 0) is 67.9 Å². The number of hydrogen-bond acceptors (Lipinski definition) is 6. The highest BCUT2D eigenvalue weighted by atomic mass is 16.5. The maximum absolute atomic E-state index is 13.0. The van der Waals surface area contributed by atoms with Gasteiger partial charge in [0.05, 0.1) is 6.20 Å². The number of rotatable bonds is 5. The topological polar surface area (TPSA) is 106 Å². The highest BCUT2D eigenvalue weighted by molar-refractivity contribution is 6.04. The molecule has 1 aromatic carbocycles. The molecule has 3 aromatic heterocycles. The van der Waals surface area contributed by atoms with E-state index in [9.17, 15) is 4.79 Å². The molecule has 0 bridgehead atoms. The molecule has 2 aliphatic carbocycles. The van der Waals surface area contributed by atoms with Crippen molar-refractivity contribution in [2.45, 2.75) is 44.4 Å². The van der Waals surface area contributed by atoms with Gasteiger partial charge in [0.25, 0.3) is 5.91 Å². The van der Waals surface area contributed by atoms with Gasteiger partial charge < -0.3 is 14.9 Å². The summed E-state index contributed by atoms with van der Waals surface area (Å²) >= 11 is 0. The number of pyridine rings is 1. The lowest BCUT2D eigenvalue weighted by molar-refractivity contribution is 0.102. The van der Waals surface area contributed by atoms with E-state index in [-0.39, 0.29) is 5.91 Å². The normalized spacial score (nSPS) is 15.3. The van der Waals surface area contributed by atoms with Crippen molar-refractivity contribution in [3.8, 4) is 11.4 Å². The summed E-state index contributed by atoms with van der Waals surface area (Å²) in [7, 11) is 1.00. The summed E-state index contributed by atoms with van der Waals surface area (Å²) in [6.45, 7) is 1.96. The minimum absolute atomic E-state index is 0.200. The van der Waals surface area contributed by atoms with Crippen molar-refractivity contribution in [3.05, 3.63) is 65.4 Å². The fourth-order valence-electron chi connectivity index (χ4n) is 3.77. The van der Waals surface area contributed by atoms with Gasteiger partial charge in [-0.2, -0.15) is 4.98 Å². The summed E-state index contributed by atoms with van der Waals surface area (Å²) in [6.07, 6.45) is 8.26. The molecule has 3 heterocycles. The maximum atomic E-state index is 13.0. The fourth-order valence-corrected chi connectivity index (χ4v) is 3.77. The van der Waals surface area contributed by atoms with Gasteiger partial charge in [0.2, 0.25) is 11.7 Å². The second-order valence-corrected chi connectivity index (χ2v) is 8.32. The lowest BCUT2D eigenvalue weighted by Crippen LogP contribution is -2.15. The number of amides is 1. The zero-order valence-electron chi connectivity index (χ0n) is 18.1. The number of aryl methyl sites for hydroxylation is 1. The van der Waals surface area contributed by atoms with Crippen molar-refractivity contribution in [1.29, 1.82) is 0 Å². The maximum Gasteiger partial charge on any atom is 0.274 e. The second kappa shape index (κ2) is 8.20. The quantitative estimate of drug-likeness (QED) is 0.488. The van der Waals surface area contributed by atoms with Gasteiger partial charge in [-0.1, -0.05) is 17.3 Å². The molecular formula is C24H25N5O3. The molecule has 6 rings (SSSR count). The van der Waals surface area contributed by atoms with Crippen LogP contribution in [0.4, 0.5) is 5.69 Å². The van der Waals surface area contributed by atoms with Crippen LogP contribution in [-0.2, 0) is 0 Å². The third kappa shape index (κ3) is 3.89. The van der Waals surface area contributed by atoms with Crippen LogP contribution in [-0.4, -0.2) is 37.6 Å². The first-order valence-corrected chi connectivity index (χ1v) is 10.8. The van der Waals surface area contributed by atoms with Crippen molar-refractivity contribution >= 4 is 17.2 Å². The van der Waals surface area contributed by atoms with Crippen molar-refractivity contribution < 1.29 is 14.4 Å². The highest BCUT2D eigenvalue weighted by Crippen LogP contribution is 2.40. The minimum Gasteiger partial charge on any atom is -0.400 e. The van der Waals surface area contributed by atoms with E-state index in [0.717, 1.165) is 42.4 Å². The van der Waals surface area contributed by atoms with Crippen molar-refractivity contribution in [2.75, 3.05) is 12.4 Å². The molecule has 0 aliphatic heterocycles. The molecule has 0 spiro atoms. The number of carbonyl (C=O) groups is 1. The van der Waals surface area contributed by atoms with Crippen LogP contribution >= 0.6 is 0 Å². The second-order valence-electron chi connectivity index (χ2n) is 8.32. The summed E-state index contributed by atoms with van der Waals surface area (Å²) in [5, 5.41) is 14.1. The number of imidazole rings is 1. The number of carbonyl (C=O) groups excluding carboxylic acids is 1. The van der Waals surface area contributed by atoms with Crippen LogP contribution in [0.2, 0.25) is 0 Å². The lowest BCUT2D eigenvalue weighted by atomic mass is 10.1. The van der Waals surface area contributed by atoms with E-state index in [1.807, 2.05) is 35.7 Å². The van der Waals surface area contributed by atoms with E-state index in [2.05, 4.69) is 32.6 Å². The van der Waals surface area contributed by atoms with Gasteiger partial charge in [0.15, 0.2) is 0 Å². The molecule has 2 saturated carbocycles. The van der Waals surface area contributed by atoms with Gasteiger partial charge >= 0.3 is 0 Å². The number of nitrogens with one attached hydrogen (secondary N) is 1. The molecule has 4 aromatic rings. The van der Waals surface area contributed by atoms with E-state index in [4.69, 9.17) is 9.63 Å². The molecule has 2 fully saturated rings. The van der Waals surface area contributed by atoms with Crippen LogP contribution in [0.25, 0.3) is 17.0 Å². The van der Waals surface area contributed by atoms with E-state index < -0.39 is 0 Å². The van der Waals surface area contributed by atoms with E-state index >= 15 is 0 Å². The van der Waals surface area contributed by atoms with Gasteiger partial charge in [0.1, 0.15) is 11.3 Å². The number of anilines is 1. The van der Waals surface area contributed by atoms with E-state index in [0.29, 0.717) is 29.2 Å². The molecule has 1 amide bonds. The van der Waals surface area contributed by atoms with Crippen LogP contribution < -0.4 is 5.32 Å². The molecule has 0 unspecified atom stereocenters. The van der Waals surface area contributed by atoms with Crippen molar-refractivity contribution in [1.82, 2.24) is 19.5 Å². The van der Waals surface area contributed by atoms with Crippen LogP contribution in [0, 0.1) is 6.92 Å². The van der Waals surface area contributed by atoms with Crippen molar-refractivity contribution in [2.24, 2.45) is 0 Å². The fraction of sp³-hybridized carbons (Fsp3) is 0.333. The predicted molar refractivity (Wildman–Crippen MR) is 120 cm³/mol. The van der Waals surface area contributed by atoms with Gasteiger partial charge in [0, 0.05) is 30.5 Å². The Hall–Kier alpha value is -3.52. The summed E-state index contributed by atoms with van der Waals surface area (Å²) in [5.74, 6) is 2.11. The molecule has 2 aliphatic rings. The summed E-state index contributed by atoms with van der Waals surface area (Å²) < 4.78 is 7.21. The Kier molecular flexibility index (Phi) is 5.22. The number of fused-ring (bicyclic) bond motifs is 1. The Morgan fingerprint density at radius 1 is 1.12 bits per heavy atom. The van der Waals surface area contributed by atoms with Crippen molar-refractivity contribution in [3.63, 3.8) is 0 Å². The highest BCUT2D eigenvalue weighted by Gasteiger charge is 2.30. The van der Waals surface area contributed by atoms with Gasteiger partial charge in [-0.3, -0.25) is 9.20 Å². The third-order valence-corrected chi connectivity index (χ3v) is 5.93. The zero-order valence-corrected chi connectivity index (χ0v) is 18.1. The molecule has 0 radical (unpaired) electrons. The molecule has 8 heteroatoms. The molecule has 0 saturated heterocycles. The Labute approximate surface area is 185 Å². The number of aromatic nitrogens is 4. The number of hydrogen-bond donors (Lipinski definition) is 2. The van der Waals surface area contributed by atoms with Gasteiger partial charge in [-0.25, -0.2) is 4.98 Å². The monoisotopic (exact) mass is 431 g/mol. The van der Waals surface area contributed by atoms with Crippen LogP contribution in [0.3, 0.4) is 0 Å². The Morgan fingerprint density at radius 2 is 1.91 bits per heavy atom. The Balaban J connectivity index is 0.00000105. The number of aliphatic hydroxyl groups is 1. The number of nitrogens with zero attached hydrogens (tertiary/aromatic N) is 4. The number of aliphatic hydroxyl groups excluding tert-OH is 1. The average molecular weight is 431 g/mol. The standard InChI is InChI=1S/C23H21N5O2.CH4O/c1-13-2-3-17(21-26-23(30-27-21)15-6-7-15)10-18(13)25-22(29)19-12-24-20-11-16(14-4-5-14)8-9-28(19)20;1-2/h2-3,8-12,14-15H,4-7H2,1H3,(H,25,29);2H,1H3. The number of benzene rings is 1. The summed E-state index contributed by atoms with van der Waals surface area (Å²) in [6, 6.07) is 9.95. The smallest absolute Gasteiger partial charge is 0.274 e. The molecule has 32 heavy (non-hydrogen) atoms. The lowest BCUT2D eigenvalue weighted by Gasteiger charge is -2.10. The first-order chi connectivity index (χ1) is 15.7. The largest absolute Gasteiger partial charge is 0.400 e. The average Bonchev–Trinajstić information content (AvgIpc) is 3.76. The predicted octanol–water partition coefficient (Wildman–Crippen LogP) is 4.31. The molecule has 2 N–H and O–H groups in total. The molecule has 0 atom stereocenters. The van der Waals surface area contributed by atoms with Crippen LogP contribution in [0.5, 0.6) is 0 Å². The first kappa shape index (κ1) is 20.4. The molecular weight excluding hydrogens is 406 g/mol. The first-order valence-electron chi connectivity index (χ1n) is 10.8.